The van der Waals surface area contributed by atoms with Gasteiger partial charge in [0.1, 0.15) is 17.4 Å². The lowest BCUT2D eigenvalue weighted by molar-refractivity contribution is 0.0572. The first-order chi connectivity index (χ1) is 18.4. The number of aliphatic hydroxyl groups is 1. The lowest BCUT2D eigenvalue weighted by Gasteiger charge is -2.37. The van der Waals surface area contributed by atoms with Crippen LogP contribution in [0.4, 0.5) is 0 Å². The number of amides is 2. The Bertz CT molecular complexity index is 1500. The van der Waals surface area contributed by atoms with E-state index in [-0.39, 0.29) is 42.0 Å². The van der Waals surface area contributed by atoms with Crippen molar-refractivity contribution in [2.24, 2.45) is 0 Å². The van der Waals surface area contributed by atoms with Gasteiger partial charge in [-0.05, 0) is 64.4 Å². The van der Waals surface area contributed by atoms with Crippen molar-refractivity contribution in [3.8, 4) is 6.07 Å². The molecule has 0 saturated carbocycles. The van der Waals surface area contributed by atoms with E-state index in [2.05, 4.69) is 4.98 Å². The van der Waals surface area contributed by atoms with Gasteiger partial charge in [0.2, 0.25) is 0 Å². The van der Waals surface area contributed by atoms with Crippen molar-refractivity contribution in [3.63, 3.8) is 0 Å². The molecule has 202 valence electrons. The van der Waals surface area contributed by atoms with Crippen molar-refractivity contribution < 1.29 is 14.7 Å². The number of hydrogen-bond donors (Lipinski definition) is 1. The van der Waals surface area contributed by atoms with E-state index in [1.165, 1.54) is 6.07 Å². The Kier molecular flexibility index (Phi) is 6.73. The third kappa shape index (κ3) is 4.68. The zero-order chi connectivity index (χ0) is 28.2. The molecule has 3 aromatic rings. The van der Waals surface area contributed by atoms with Crippen molar-refractivity contribution in [1.29, 1.82) is 5.26 Å². The molecule has 4 heterocycles. The SMILES string of the molecule is CC(c1ccc(C(C)(C)O)nc1)N1C[C@@H](C)n2nc3c(c2C1=O)CN(C(=O)c1ccc(Cl)c(C#N)c1)[C@H](C)C3. The Morgan fingerprint density at radius 2 is 1.97 bits per heavy atom. The molecule has 39 heavy (non-hydrogen) atoms. The smallest absolute Gasteiger partial charge is 0.273 e. The number of fused-ring (bicyclic) bond motifs is 3. The lowest BCUT2D eigenvalue weighted by Crippen LogP contribution is -2.45. The molecule has 2 aliphatic heterocycles. The number of benzene rings is 1. The first-order valence-corrected chi connectivity index (χ1v) is 13.4. The molecule has 2 aliphatic rings. The molecule has 1 aromatic carbocycles. The van der Waals surface area contributed by atoms with E-state index in [0.717, 1.165) is 16.8 Å². The number of aromatic nitrogens is 3. The second-order valence-corrected chi connectivity index (χ2v) is 11.4. The summed E-state index contributed by atoms with van der Waals surface area (Å²) < 4.78 is 1.81. The summed E-state index contributed by atoms with van der Waals surface area (Å²) in [6, 6.07) is 9.96. The highest BCUT2D eigenvalue weighted by Gasteiger charge is 2.40. The third-order valence-corrected chi connectivity index (χ3v) is 8.07. The number of pyridine rings is 1. The Morgan fingerprint density at radius 1 is 1.23 bits per heavy atom. The van der Waals surface area contributed by atoms with Gasteiger partial charge in [0.05, 0.1) is 40.6 Å². The largest absolute Gasteiger partial charge is 0.384 e. The summed E-state index contributed by atoms with van der Waals surface area (Å²) in [7, 11) is 0. The maximum atomic E-state index is 13.9. The van der Waals surface area contributed by atoms with Crippen LogP contribution in [0.1, 0.15) is 95.6 Å². The summed E-state index contributed by atoms with van der Waals surface area (Å²) in [5.41, 5.74) is 3.11. The molecule has 0 spiro atoms. The molecular formula is C29H31ClN6O3. The minimum atomic E-state index is -1.05. The average Bonchev–Trinajstić information content (AvgIpc) is 3.28. The maximum absolute atomic E-state index is 13.9. The minimum Gasteiger partial charge on any atom is -0.384 e. The molecular weight excluding hydrogens is 516 g/mol. The van der Waals surface area contributed by atoms with Crippen molar-refractivity contribution in [3.05, 3.63) is 80.9 Å². The van der Waals surface area contributed by atoms with E-state index >= 15 is 0 Å². The van der Waals surface area contributed by atoms with Gasteiger partial charge < -0.3 is 14.9 Å². The van der Waals surface area contributed by atoms with Gasteiger partial charge in [0.25, 0.3) is 11.8 Å². The van der Waals surface area contributed by atoms with E-state index in [1.807, 2.05) is 42.5 Å². The topological polar surface area (TPSA) is 115 Å². The van der Waals surface area contributed by atoms with Crippen LogP contribution in [0.3, 0.4) is 0 Å². The molecule has 0 radical (unpaired) electrons. The molecule has 1 N–H and O–H groups in total. The predicted molar refractivity (Wildman–Crippen MR) is 145 cm³/mol. The van der Waals surface area contributed by atoms with Crippen LogP contribution >= 0.6 is 11.6 Å². The molecule has 5 rings (SSSR count). The van der Waals surface area contributed by atoms with E-state index in [9.17, 15) is 20.0 Å². The second kappa shape index (κ2) is 9.78. The standard InChI is InChI=1S/C29H31ClN6O3/c1-16-10-24-22(15-34(16)27(37)19-6-8-23(30)21(11-19)12-31)26-28(38)35(14-17(2)36(26)33-24)18(3)20-7-9-25(32-13-20)29(4,5)39/h6-9,11,13,16-18,39H,10,14-15H2,1-5H3/t16-,17-,18?/m1/s1. The molecule has 0 saturated heterocycles. The lowest BCUT2D eigenvalue weighted by atomic mass is 9.96. The summed E-state index contributed by atoms with van der Waals surface area (Å²) in [6.07, 6.45) is 2.23. The van der Waals surface area contributed by atoms with Crippen LogP contribution < -0.4 is 0 Å². The summed E-state index contributed by atoms with van der Waals surface area (Å²) in [5, 5.41) is 24.7. The van der Waals surface area contributed by atoms with Crippen LogP contribution in [0.25, 0.3) is 0 Å². The second-order valence-electron chi connectivity index (χ2n) is 11.0. The van der Waals surface area contributed by atoms with Crippen LogP contribution in [0.15, 0.2) is 36.5 Å². The maximum Gasteiger partial charge on any atom is 0.273 e. The normalized spacial score (nSPS) is 19.8. The number of carbonyl (C=O) groups excluding carboxylic acids is 2. The summed E-state index contributed by atoms with van der Waals surface area (Å²) in [6.45, 7) is 10.1. The molecule has 3 atom stereocenters. The first kappa shape index (κ1) is 26.9. The molecule has 2 aromatic heterocycles. The minimum absolute atomic E-state index is 0.0525. The Hall–Kier alpha value is -3.74. The van der Waals surface area contributed by atoms with E-state index < -0.39 is 5.60 Å². The van der Waals surface area contributed by atoms with Crippen LogP contribution in [0, 0.1) is 11.3 Å². The van der Waals surface area contributed by atoms with Gasteiger partial charge in [0, 0.05) is 36.3 Å². The molecule has 2 amide bonds. The van der Waals surface area contributed by atoms with Crippen LogP contribution in [-0.2, 0) is 18.6 Å². The number of halogens is 1. The van der Waals surface area contributed by atoms with Crippen molar-refractivity contribution in [1.82, 2.24) is 24.6 Å². The zero-order valence-corrected chi connectivity index (χ0v) is 23.4. The molecule has 9 nitrogen and oxygen atoms in total. The third-order valence-electron chi connectivity index (χ3n) is 7.74. The Balaban J connectivity index is 1.45. The van der Waals surface area contributed by atoms with E-state index in [1.54, 1.807) is 43.1 Å². The number of rotatable bonds is 4. The van der Waals surface area contributed by atoms with Gasteiger partial charge in [-0.3, -0.25) is 19.3 Å². The van der Waals surface area contributed by atoms with E-state index in [0.29, 0.717) is 34.9 Å². The zero-order valence-electron chi connectivity index (χ0n) is 22.6. The van der Waals surface area contributed by atoms with Gasteiger partial charge in [-0.25, -0.2) is 0 Å². The molecule has 0 fully saturated rings. The summed E-state index contributed by atoms with van der Waals surface area (Å²) in [4.78, 5) is 35.4. The van der Waals surface area contributed by atoms with Crippen LogP contribution in [0.5, 0.6) is 0 Å². The van der Waals surface area contributed by atoms with Gasteiger partial charge >= 0.3 is 0 Å². The predicted octanol–water partition coefficient (Wildman–Crippen LogP) is 4.40. The van der Waals surface area contributed by atoms with Gasteiger partial charge in [-0.15, -0.1) is 0 Å². The first-order valence-electron chi connectivity index (χ1n) is 13.0. The van der Waals surface area contributed by atoms with E-state index in [4.69, 9.17) is 16.7 Å². The Labute approximate surface area is 232 Å². The molecule has 10 heteroatoms. The molecule has 1 unspecified atom stereocenters. The fourth-order valence-corrected chi connectivity index (χ4v) is 5.56. The fraction of sp³-hybridized carbons (Fsp3) is 0.414. The monoisotopic (exact) mass is 546 g/mol. The average molecular weight is 547 g/mol. The number of carbonyl (C=O) groups is 2. The van der Waals surface area contributed by atoms with Gasteiger partial charge in [-0.2, -0.15) is 10.4 Å². The fourth-order valence-electron chi connectivity index (χ4n) is 5.40. The van der Waals surface area contributed by atoms with Gasteiger partial charge in [-0.1, -0.05) is 17.7 Å². The number of nitrogens with zero attached hydrogens (tertiary/aromatic N) is 6. The molecule has 0 bridgehead atoms. The van der Waals surface area contributed by atoms with Crippen molar-refractivity contribution in [2.45, 2.75) is 71.3 Å². The van der Waals surface area contributed by atoms with Crippen molar-refractivity contribution in [2.75, 3.05) is 6.54 Å². The number of hydrogen-bond acceptors (Lipinski definition) is 6. The quantitative estimate of drug-likeness (QED) is 0.519. The number of nitriles is 1. The summed E-state index contributed by atoms with van der Waals surface area (Å²) in [5.74, 6) is -0.359. The van der Waals surface area contributed by atoms with Gasteiger partial charge in [0.15, 0.2) is 0 Å². The molecule has 0 aliphatic carbocycles. The summed E-state index contributed by atoms with van der Waals surface area (Å²) >= 11 is 6.07. The Morgan fingerprint density at radius 3 is 2.62 bits per heavy atom. The highest BCUT2D eigenvalue weighted by Crippen LogP contribution is 2.35. The highest BCUT2D eigenvalue weighted by molar-refractivity contribution is 6.31. The van der Waals surface area contributed by atoms with Crippen LogP contribution in [-0.4, -0.2) is 54.1 Å². The van der Waals surface area contributed by atoms with Crippen LogP contribution in [0.2, 0.25) is 5.02 Å². The highest BCUT2D eigenvalue weighted by atomic mass is 35.5. The van der Waals surface area contributed by atoms with Crippen molar-refractivity contribution >= 4 is 23.4 Å².